The molecule has 0 aliphatic carbocycles. The van der Waals surface area contributed by atoms with E-state index < -0.39 is 0 Å². The number of hydrogen-bond acceptors (Lipinski definition) is 2. The van der Waals surface area contributed by atoms with Crippen LogP contribution in [0.25, 0.3) is 0 Å². The lowest BCUT2D eigenvalue weighted by Crippen LogP contribution is -2.60. The second-order valence-electron chi connectivity index (χ2n) is 3.62. The minimum atomic E-state index is -0.168. The van der Waals surface area contributed by atoms with Crippen LogP contribution in [0, 0.1) is 0 Å². The van der Waals surface area contributed by atoms with E-state index in [2.05, 4.69) is 17.1 Å². The topological polar surface area (TPSA) is 32.3 Å². The SMILES string of the molecule is CC12CCCN1CCNC2=O. The Bertz CT molecular complexity index is 193. The highest BCUT2D eigenvalue weighted by molar-refractivity contribution is 5.86. The Hall–Kier alpha value is -0.570. The van der Waals surface area contributed by atoms with E-state index in [9.17, 15) is 4.79 Å². The number of carbonyl (C=O) groups excluding carboxylic acids is 1. The fourth-order valence-electron chi connectivity index (χ4n) is 2.13. The molecular formula is C8H14N2O. The van der Waals surface area contributed by atoms with Gasteiger partial charge in [0, 0.05) is 13.1 Å². The highest BCUT2D eigenvalue weighted by Gasteiger charge is 2.44. The molecule has 2 saturated heterocycles. The van der Waals surface area contributed by atoms with Gasteiger partial charge in [0.1, 0.15) is 0 Å². The maximum Gasteiger partial charge on any atom is 0.240 e. The lowest BCUT2D eigenvalue weighted by Gasteiger charge is -2.38. The van der Waals surface area contributed by atoms with Crippen LogP contribution in [0.1, 0.15) is 19.8 Å². The third-order valence-corrected chi connectivity index (χ3v) is 2.95. The number of hydrogen-bond donors (Lipinski definition) is 1. The zero-order valence-corrected chi connectivity index (χ0v) is 6.89. The molecule has 11 heavy (non-hydrogen) atoms. The van der Waals surface area contributed by atoms with Crippen molar-refractivity contribution in [2.75, 3.05) is 19.6 Å². The van der Waals surface area contributed by atoms with E-state index in [1.54, 1.807) is 0 Å². The molecule has 62 valence electrons. The second-order valence-corrected chi connectivity index (χ2v) is 3.62. The molecule has 0 radical (unpaired) electrons. The summed E-state index contributed by atoms with van der Waals surface area (Å²) >= 11 is 0. The van der Waals surface area contributed by atoms with E-state index in [1.807, 2.05) is 0 Å². The van der Waals surface area contributed by atoms with Crippen LogP contribution in [0.5, 0.6) is 0 Å². The monoisotopic (exact) mass is 154 g/mol. The quantitative estimate of drug-likeness (QED) is 0.531. The molecule has 1 N–H and O–H groups in total. The van der Waals surface area contributed by atoms with Crippen molar-refractivity contribution < 1.29 is 4.79 Å². The third-order valence-electron chi connectivity index (χ3n) is 2.95. The van der Waals surface area contributed by atoms with E-state index >= 15 is 0 Å². The molecule has 3 nitrogen and oxygen atoms in total. The Morgan fingerprint density at radius 1 is 1.55 bits per heavy atom. The Kier molecular flexibility index (Phi) is 1.42. The summed E-state index contributed by atoms with van der Waals surface area (Å²) in [6, 6.07) is 0. The maximum atomic E-state index is 11.4. The predicted molar refractivity (Wildman–Crippen MR) is 42.2 cm³/mol. The van der Waals surface area contributed by atoms with Gasteiger partial charge >= 0.3 is 0 Å². The Labute approximate surface area is 66.8 Å². The molecule has 1 unspecified atom stereocenters. The van der Waals surface area contributed by atoms with Gasteiger partial charge in [-0.3, -0.25) is 9.69 Å². The van der Waals surface area contributed by atoms with Crippen LogP contribution in [0.3, 0.4) is 0 Å². The predicted octanol–water partition coefficient (Wildman–Crippen LogP) is -0.0293. The molecular weight excluding hydrogens is 140 g/mol. The van der Waals surface area contributed by atoms with Crippen molar-refractivity contribution in [3.63, 3.8) is 0 Å². The highest BCUT2D eigenvalue weighted by atomic mass is 16.2. The van der Waals surface area contributed by atoms with Crippen LogP contribution in [0.4, 0.5) is 0 Å². The zero-order chi connectivity index (χ0) is 7.90. The van der Waals surface area contributed by atoms with Crippen LogP contribution in [-0.4, -0.2) is 36.0 Å². The summed E-state index contributed by atoms with van der Waals surface area (Å²) < 4.78 is 0. The first-order valence-electron chi connectivity index (χ1n) is 4.27. The maximum absolute atomic E-state index is 11.4. The second kappa shape index (κ2) is 2.21. The van der Waals surface area contributed by atoms with Crippen LogP contribution in [0.15, 0.2) is 0 Å². The molecule has 0 aromatic heterocycles. The Morgan fingerprint density at radius 2 is 2.36 bits per heavy atom. The van der Waals surface area contributed by atoms with Gasteiger partial charge in [-0.25, -0.2) is 0 Å². The minimum absolute atomic E-state index is 0.168. The van der Waals surface area contributed by atoms with Crippen molar-refractivity contribution in [2.45, 2.75) is 25.3 Å². The molecule has 2 aliphatic heterocycles. The summed E-state index contributed by atoms with van der Waals surface area (Å²) in [5.41, 5.74) is -0.168. The van der Waals surface area contributed by atoms with Crippen LogP contribution in [0.2, 0.25) is 0 Å². The molecule has 2 heterocycles. The molecule has 2 aliphatic rings. The van der Waals surface area contributed by atoms with E-state index in [4.69, 9.17) is 0 Å². The van der Waals surface area contributed by atoms with Crippen molar-refractivity contribution in [3.05, 3.63) is 0 Å². The molecule has 0 spiro atoms. The average molecular weight is 154 g/mol. The van der Waals surface area contributed by atoms with Crippen molar-refractivity contribution in [1.82, 2.24) is 10.2 Å². The van der Waals surface area contributed by atoms with Crippen molar-refractivity contribution >= 4 is 5.91 Å². The first-order chi connectivity index (χ1) is 5.23. The number of piperazine rings is 1. The molecule has 0 bridgehead atoms. The van der Waals surface area contributed by atoms with Gasteiger partial charge in [0.25, 0.3) is 0 Å². The number of fused-ring (bicyclic) bond motifs is 1. The average Bonchev–Trinajstić information content (AvgIpc) is 2.34. The van der Waals surface area contributed by atoms with Crippen LogP contribution >= 0.6 is 0 Å². The van der Waals surface area contributed by atoms with E-state index in [0.29, 0.717) is 0 Å². The lowest BCUT2D eigenvalue weighted by molar-refractivity contribution is -0.133. The van der Waals surface area contributed by atoms with Gasteiger partial charge in [-0.15, -0.1) is 0 Å². The smallest absolute Gasteiger partial charge is 0.240 e. The molecule has 3 heteroatoms. The summed E-state index contributed by atoms with van der Waals surface area (Å²) in [6.45, 7) is 5.01. The molecule has 0 aromatic rings. The van der Waals surface area contributed by atoms with E-state index in [1.165, 1.54) is 6.42 Å². The van der Waals surface area contributed by atoms with Gasteiger partial charge in [0.2, 0.25) is 5.91 Å². The van der Waals surface area contributed by atoms with Gasteiger partial charge in [-0.1, -0.05) is 0 Å². The van der Waals surface area contributed by atoms with Crippen LogP contribution < -0.4 is 5.32 Å². The summed E-state index contributed by atoms with van der Waals surface area (Å²) in [6.07, 6.45) is 2.20. The number of carbonyl (C=O) groups is 1. The minimum Gasteiger partial charge on any atom is -0.353 e. The van der Waals surface area contributed by atoms with Gasteiger partial charge < -0.3 is 5.32 Å². The summed E-state index contributed by atoms with van der Waals surface area (Å²) in [7, 11) is 0. The van der Waals surface area contributed by atoms with Gasteiger partial charge in [0.15, 0.2) is 0 Å². The van der Waals surface area contributed by atoms with Gasteiger partial charge in [0.05, 0.1) is 5.54 Å². The van der Waals surface area contributed by atoms with E-state index in [-0.39, 0.29) is 11.4 Å². The lowest BCUT2D eigenvalue weighted by atomic mass is 9.96. The highest BCUT2D eigenvalue weighted by Crippen LogP contribution is 2.30. The standard InChI is InChI=1S/C8H14N2O/c1-8-3-2-5-10(8)6-4-9-7(8)11/h2-6H2,1H3,(H,9,11). The first kappa shape index (κ1) is 7.10. The molecule has 2 fully saturated rings. The molecule has 1 atom stereocenters. The number of nitrogens with one attached hydrogen (secondary N) is 1. The first-order valence-corrected chi connectivity index (χ1v) is 4.27. The van der Waals surface area contributed by atoms with Gasteiger partial charge in [-0.05, 0) is 26.3 Å². The molecule has 2 rings (SSSR count). The fourth-order valence-corrected chi connectivity index (χ4v) is 2.13. The third kappa shape index (κ3) is 0.872. The summed E-state index contributed by atoms with van der Waals surface area (Å²) in [5.74, 6) is 0.223. The van der Waals surface area contributed by atoms with Gasteiger partial charge in [-0.2, -0.15) is 0 Å². The van der Waals surface area contributed by atoms with Crippen molar-refractivity contribution in [1.29, 1.82) is 0 Å². The van der Waals surface area contributed by atoms with Crippen LogP contribution in [-0.2, 0) is 4.79 Å². The number of nitrogens with zero attached hydrogens (tertiary/aromatic N) is 1. The molecule has 0 saturated carbocycles. The Morgan fingerprint density at radius 3 is 3.09 bits per heavy atom. The normalized spacial score (nSPS) is 38.5. The molecule has 0 aromatic carbocycles. The van der Waals surface area contributed by atoms with E-state index in [0.717, 1.165) is 26.1 Å². The molecule has 1 amide bonds. The Balaban J connectivity index is 2.24. The summed E-state index contributed by atoms with van der Waals surface area (Å²) in [4.78, 5) is 13.7. The number of rotatable bonds is 0. The zero-order valence-electron chi connectivity index (χ0n) is 6.89. The number of amides is 1. The summed E-state index contributed by atoms with van der Waals surface area (Å²) in [5, 5.41) is 2.91. The largest absolute Gasteiger partial charge is 0.353 e. The van der Waals surface area contributed by atoms with Crippen molar-refractivity contribution in [3.8, 4) is 0 Å². The van der Waals surface area contributed by atoms with Crippen molar-refractivity contribution in [2.24, 2.45) is 0 Å². The fraction of sp³-hybridized carbons (Fsp3) is 0.875.